The Bertz CT molecular complexity index is 354. The summed E-state index contributed by atoms with van der Waals surface area (Å²) in [5, 5.41) is 6.88. The minimum Gasteiger partial charge on any atom is -0.351 e. The molecule has 5 nitrogen and oxygen atoms in total. The Hall–Kier alpha value is -1.52. The van der Waals surface area contributed by atoms with E-state index in [0.29, 0.717) is 5.69 Å². The summed E-state index contributed by atoms with van der Waals surface area (Å²) in [4.78, 5) is 10.7. The summed E-state index contributed by atoms with van der Waals surface area (Å²) in [7, 11) is 0. The normalized spacial score (nSPS) is 10.6. The van der Waals surface area contributed by atoms with E-state index in [0.717, 1.165) is 11.4 Å². The monoisotopic (exact) mass is 196 g/mol. The number of hydrogen-bond acceptors (Lipinski definition) is 2. The zero-order valence-electron chi connectivity index (χ0n) is 8.96. The molecule has 0 radical (unpaired) electrons. The summed E-state index contributed by atoms with van der Waals surface area (Å²) in [6.07, 6.45) is 0. The molecule has 0 fully saturated rings. The van der Waals surface area contributed by atoms with Gasteiger partial charge in [-0.15, -0.1) is 0 Å². The van der Waals surface area contributed by atoms with Crippen molar-refractivity contribution in [3.8, 4) is 0 Å². The first kappa shape index (κ1) is 10.6. The van der Waals surface area contributed by atoms with Crippen LogP contribution in [-0.4, -0.2) is 15.8 Å². The van der Waals surface area contributed by atoms with Crippen molar-refractivity contribution >= 4 is 11.7 Å². The summed E-state index contributed by atoms with van der Waals surface area (Å²) < 4.78 is 1.86. The molecule has 0 spiro atoms. The minimum absolute atomic E-state index is 0.275. The van der Waals surface area contributed by atoms with Crippen LogP contribution in [0.1, 0.15) is 31.3 Å². The van der Waals surface area contributed by atoms with Crippen LogP contribution in [0.3, 0.4) is 0 Å². The summed E-state index contributed by atoms with van der Waals surface area (Å²) in [6, 6.07) is -0.281. The lowest BCUT2D eigenvalue weighted by atomic mass is 10.3. The highest BCUT2D eigenvalue weighted by atomic mass is 16.2. The van der Waals surface area contributed by atoms with Crippen LogP contribution in [-0.2, 0) is 0 Å². The second-order valence-corrected chi connectivity index (χ2v) is 3.57. The largest absolute Gasteiger partial charge is 0.351 e. The molecule has 0 unspecified atom stereocenters. The molecular formula is C9H16N4O. The van der Waals surface area contributed by atoms with E-state index in [1.807, 2.05) is 32.4 Å². The highest BCUT2D eigenvalue weighted by molar-refractivity contribution is 5.89. The van der Waals surface area contributed by atoms with Gasteiger partial charge in [0, 0.05) is 6.04 Å². The molecular weight excluding hydrogens is 180 g/mol. The van der Waals surface area contributed by atoms with Gasteiger partial charge in [-0.3, -0.25) is 4.68 Å². The van der Waals surface area contributed by atoms with E-state index in [-0.39, 0.29) is 6.04 Å². The highest BCUT2D eigenvalue weighted by Crippen LogP contribution is 2.21. The molecule has 0 aliphatic carbocycles. The minimum atomic E-state index is -0.556. The Labute approximate surface area is 83.3 Å². The number of anilines is 1. The molecule has 1 aromatic heterocycles. The van der Waals surface area contributed by atoms with Crippen molar-refractivity contribution < 1.29 is 4.79 Å². The molecule has 78 valence electrons. The lowest BCUT2D eigenvalue weighted by Gasteiger charge is -2.08. The molecule has 3 N–H and O–H groups in total. The maximum absolute atomic E-state index is 10.7. The number of nitrogens with zero attached hydrogens (tertiary/aromatic N) is 2. The van der Waals surface area contributed by atoms with Gasteiger partial charge in [0.15, 0.2) is 0 Å². The predicted octanol–water partition coefficient (Wildman–Crippen LogP) is 1.57. The topological polar surface area (TPSA) is 72.9 Å². The molecule has 0 saturated carbocycles. The maximum Gasteiger partial charge on any atom is 0.316 e. The number of primary amides is 1. The third-order valence-corrected chi connectivity index (χ3v) is 2.06. The summed E-state index contributed by atoms with van der Waals surface area (Å²) in [5.74, 6) is 0. The van der Waals surface area contributed by atoms with Crippen LogP contribution in [0.25, 0.3) is 0 Å². The third-order valence-electron chi connectivity index (χ3n) is 2.06. The van der Waals surface area contributed by atoms with Gasteiger partial charge < -0.3 is 11.1 Å². The zero-order chi connectivity index (χ0) is 10.9. The van der Waals surface area contributed by atoms with Crippen molar-refractivity contribution in [2.24, 2.45) is 5.73 Å². The summed E-state index contributed by atoms with van der Waals surface area (Å²) >= 11 is 0. The molecule has 0 aromatic carbocycles. The molecule has 0 saturated heterocycles. The lowest BCUT2D eigenvalue weighted by Crippen LogP contribution is -2.20. The zero-order valence-corrected chi connectivity index (χ0v) is 8.96. The molecule has 2 amide bonds. The number of urea groups is 1. The van der Waals surface area contributed by atoms with Crippen LogP contribution in [0.15, 0.2) is 0 Å². The van der Waals surface area contributed by atoms with Crippen molar-refractivity contribution in [2.45, 2.75) is 33.7 Å². The Morgan fingerprint density at radius 3 is 2.43 bits per heavy atom. The molecule has 1 rings (SSSR count). The van der Waals surface area contributed by atoms with Gasteiger partial charge in [-0.2, -0.15) is 5.10 Å². The Balaban J connectivity index is 3.11. The first-order chi connectivity index (χ1) is 6.43. The molecule has 0 aliphatic heterocycles. The SMILES string of the molecule is Cc1nn(C(C)C)c(C)c1NC(N)=O. The van der Waals surface area contributed by atoms with Crippen LogP contribution in [0, 0.1) is 13.8 Å². The predicted molar refractivity (Wildman–Crippen MR) is 55.3 cm³/mol. The van der Waals surface area contributed by atoms with E-state index in [2.05, 4.69) is 10.4 Å². The van der Waals surface area contributed by atoms with E-state index in [1.165, 1.54) is 0 Å². The fraction of sp³-hybridized carbons (Fsp3) is 0.556. The molecule has 14 heavy (non-hydrogen) atoms. The van der Waals surface area contributed by atoms with Crippen molar-refractivity contribution in [1.29, 1.82) is 0 Å². The van der Waals surface area contributed by atoms with E-state index in [4.69, 9.17) is 5.73 Å². The molecule has 0 atom stereocenters. The standard InChI is InChI=1S/C9H16N4O/c1-5(2)13-7(4)8(6(3)12-13)11-9(10)14/h5H,1-4H3,(H3,10,11,14). The second kappa shape index (κ2) is 3.69. The molecule has 0 aliphatic rings. The number of nitrogens with two attached hydrogens (primary N) is 1. The van der Waals surface area contributed by atoms with Gasteiger partial charge in [0.25, 0.3) is 0 Å². The van der Waals surface area contributed by atoms with Crippen LogP contribution in [0.5, 0.6) is 0 Å². The average molecular weight is 196 g/mol. The highest BCUT2D eigenvalue weighted by Gasteiger charge is 2.13. The molecule has 1 aromatic rings. The number of aryl methyl sites for hydroxylation is 1. The van der Waals surface area contributed by atoms with E-state index in [1.54, 1.807) is 0 Å². The fourth-order valence-corrected chi connectivity index (χ4v) is 1.47. The van der Waals surface area contributed by atoms with Crippen LogP contribution < -0.4 is 11.1 Å². The van der Waals surface area contributed by atoms with Gasteiger partial charge in [0.05, 0.1) is 17.1 Å². The lowest BCUT2D eigenvalue weighted by molar-refractivity contribution is 0.259. The van der Waals surface area contributed by atoms with Crippen LogP contribution >= 0.6 is 0 Å². The molecule has 1 heterocycles. The van der Waals surface area contributed by atoms with Gasteiger partial charge in [-0.1, -0.05) is 0 Å². The number of amides is 2. The quantitative estimate of drug-likeness (QED) is 0.753. The second-order valence-electron chi connectivity index (χ2n) is 3.57. The Kier molecular flexibility index (Phi) is 2.78. The first-order valence-corrected chi connectivity index (χ1v) is 4.55. The van der Waals surface area contributed by atoms with Crippen LogP contribution in [0.4, 0.5) is 10.5 Å². The van der Waals surface area contributed by atoms with E-state index >= 15 is 0 Å². The fourth-order valence-electron chi connectivity index (χ4n) is 1.47. The number of nitrogens with one attached hydrogen (secondary N) is 1. The van der Waals surface area contributed by atoms with Gasteiger partial charge in [0.2, 0.25) is 0 Å². The average Bonchev–Trinajstić information content (AvgIpc) is 2.31. The first-order valence-electron chi connectivity index (χ1n) is 4.55. The van der Waals surface area contributed by atoms with Crippen LogP contribution in [0.2, 0.25) is 0 Å². The number of rotatable bonds is 2. The van der Waals surface area contributed by atoms with Crippen molar-refractivity contribution in [3.05, 3.63) is 11.4 Å². The van der Waals surface area contributed by atoms with Gasteiger partial charge in [-0.05, 0) is 27.7 Å². The maximum atomic E-state index is 10.7. The number of aromatic nitrogens is 2. The van der Waals surface area contributed by atoms with E-state index < -0.39 is 6.03 Å². The third kappa shape index (κ3) is 1.86. The van der Waals surface area contributed by atoms with Gasteiger partial charge >= 0.3 is 6.03 Å². The summed E-state index contributed by atoms with van der Waals surface area (Å²) in [6.45, 7) is 7.82. The van der Waals surface area contributed by atoms with E-state index in [9.17, 15) is 4.79 Å². The van der Waals surface area contributed by atoms with Crippen molar-refractivity contribution in [2.75, 3.05) is 5.32 Å². The molecule has 0 bridgehead atoms. The van der Waals surface area contributed by atoms with Crippen molar-refractivity contribution in [1.82, 2.24) is 9.78 Å². The van der Waals surface area contributed by atoms with Crippen molar-refractivity contribution in [3.63, 3.8) is 0 Å². The molecule has 5 heteroatoms. The Morgan fingerprint density at radius 2 is 2.07 bits per heavy atom. The Morgan fingerprint density at radius 1 is 1.50 bits per heavy atom. The number of carbonyl (C=O) groups is 1. The van der Waals surface area contributed by atoms with Gasteiger partial charge in [0.1, 0.15) is 0 Å². The van der Waals surface area contributed by atoms with Gasteiger partial charge in [-0.25, -0.2) is 4.79 Å². The number of hydrogen-bond donors (Lipinski definition) is 2. The number of carbonyl (C=O) groups excluding carboxylic acids is 1. The smallest absolute Gasteiger partial charge is 0.316 e. The summed E-state index contributed by atoms with van der Waals surface area (Å²) in [5.41, 5.74) is 7.49.